The van der Waals surface area contributed by atoms with Crippen molar-refractivity contribution in [1.29, 1.82) is 0 Å². The molecule has 2 atom stereocenters. The summed E-state index contributed by atoms with van der Waals surface area (Å²) in [5, 5.41) is 13.3. The van der Waals surface area contributed by atoms with Crippen LogP contribution in [0.3, 0.4) is 0 Å². The lowest BCUT2D eigenvalue weighted by Gasteiger charge is -2.29. The van der Waals surface area contributed by atoms with Crippen LogP contribution in [-0.4, -0.2) is 48.3 Å². The second kappa shape index (κ2) is 5.99. The molecule has 96 valence electrons. The van der Waals surface area contributed by atoms with Crippen LogP contribution in [0.4, 0.5) is 0 Å². The van der Waals surface area contributed by atoms with Gasteiger partial charge < -0.3 is 15.3 Å². The van der Waals surface area contributed by atoms with Crippen molar-refractivity contribution >= 4 is 0 Å². The van der Waals surface area contributed by atoms with Crippen LogP contribution in [0, 0.1) is 5.41 Å². The Labute approximate surface area is 100 Å². The Morgan fingerprint density at radius 3 is 2.31 bits per heavy atom. The van der Waals surface area contributed by atoms with Gasteiger partial charge in [0.2, 0.25) is 0 Å². The number of nitrogens with zero attached hydrogens (tertiary/aromatic N) is 1. The molecule has 16 heavy (non-hydrogen) atoms. The maximum Gasteiger partial charge on any atom is 0.0791 e. The molecule has 2 N–H and O–H groups in total. The number of nitrogens with one attached hydrogen (secondary N) is 1. The van der Waals surface area contributed by atoms with Crippen LogP contribution in [0.2, 0.25) is 0 Å². The smallest absolute Gasteiger partial charge is 0.0791 e. The Hall–Kier alpha value is -0.120. The fraction of sp³-hybridized carbons (Fsp3) is 1.00. The molecule has 1 fully saturated rings. The number of β-amino-alcohol motifs (C(OH)–C–C–N with tert-alkyl or cyclic N) is 1. The molecule has 1 aliphatic rings. The minimum Gasteiger partial charge on any atom is -0.390 e. The van der Waals surface area contributed by atoms with E-state index in [1.807, 2.05) is 0 Å². The Balaban J connectivity index is 2.16. The lowest BCUT2D eigenvalue weighted by atomic mass is 9.88. The van der Waals surface area contributed by atoms with Gasteiger partial charge in [-0.1, -0.05) is 20.8 Å². The van der Waals surface area contributed by atoms with E-state index in [2.05, 4.69) is 37.9 Å². The molecule has 1 heterocycles. The summed E-state index contributed by atoms with van der Waals surface area (Å²) in [6.45, 7) is 12.7. The van der Waals surface area contributed by atoms with E-state index in [4.69, 9.17) is 0 Å². The van der Waals surface area contributed by atoms with E-state index in [0.717, 1.165) is 19.6 Å². The average molecular weight is 228 g/mol. The summed E-state index contributed by atoms with van der Waals surface area (Å²) in [6, 6.07) is 0.431. The Bertz CT molecular complexity index is 195. The van der Waals surface area contributed by atoms with Gasteiger partial charge in [0, 0.05) is 19.1 Å². The van der Waals surface area contributed by atoms with Crippen molar-refractivity contribution in [3.05, 3.63) is 0 Å². The highest BCUT2D eigenvalue weighted by molar-refractivity contribution is 4.78. The maximum absolute atomic E-state index is 9.92. The molecule has 0 aliphatic carbocycles. The highest BCUT2D eigenvalue weighted by atomic mass is 16.3. The third-order valence-electron chi connectivity index (χ3n) is 3.63. The van der Waals surface area contributed by atoms with Gasteiger partial charge in [0.1, 0.15) is 0 Å². The summed E-state index contributed by atoms with van der Waals surface area (Å²) in [7, 11) is 0. The summed E-state index contributed by atoms with van der Waals surface area (Å²) >= 11 is 0. The van der Waals surface area contributed by atoms with Crippen molar-refractivity contribution < 1.29 is 5.11 Å². The Morgan fingerprint density at radius 2 is 1.81 bits per heavy atom. The number of aliphatic hydroxyl groups excluding tert-OH is 1. The molecule has 0 aromatic heterocycles. The fourth-order valence-electron chi connectivity index (χ4n) is 1.95. The normalized spacial score (nSPS) is 22.3. The molecular weight excluding hydrogens is 200 g/mol. The maximum atomic E-state index is 9.92. The quantitative estimate of drug-likeness (QED) is 0.748. The minimum absolute atomic E-state index is 0.233. The second-order valence-electron chi connectivity index (χ2n) is 6.16. The van der Waals surface area contributed by atoms with Crippen molar-refractivity contribution in [2.24, 2.45) is 5.41 Å². The van der Waals surface area contributed by atoms with Gasteiger partial charge in [0.05, 0.1) is 6.10 Å². The number of likely N-dealkylation sites (tertiary alicyclic amines) is 1. The first-order chi connectivity index (χ1) is 7.39. The lowest BCUT2D eigenvalue weighted by Crippen LogP contribution is -2.44. The van der Waals surface area contributed by atoms with Crippen molar-refractivity contribution in [3.8, 4) is 0 Å². The van der Waals surface area contributed by atoms with Crippen LogP contribution in [0.1, 0.15) is 40.5 Å². The standard InChI is InChI=1S/C13H28N2O/c1-11(13(2,3)4)14-9-12(16)10-15-7-5-6-8-15/h11-12,14,16H,5-10H2,1-4H3. The van der Waals surface area contributed by atoms with Gasteiger partial charge in [-0.2, -0.15) is 0 Å². The third kappa shape index (κ3) is 4.81. The summed E-state index contributed by atoms with van der Waals surface area (Å²) in [5.41, 5.74) is 0.257. The topological polar surface area (TPSA) is 35.5 Å². The monoisotopic (exact) mass is 228 g/mol. The van der Waals surface area contributed by atoms with Gasteiger partial charge in [0.15, 0.2) is 0 Å². The molecule has 0 radical (unpaired) electrons. The molecule has 0 aromatic carbocycles. The minimum atomic E-state index is -0.233. The summed E-state index contributed by atoms with van der Waals surface area (Å²) in [5.74, 6) is 0. The number of hydrogen-bond donors (Lipinski definition) is 2. The summed E-state index contributed by atoms with van der Waals surface area (Å²) < 4.78 is 0. The zero-order chi connectivity index (χ0) is 12.2. The molecular formula is C13H28N2O. The fourth-order valence-corrected chi connectivity index (χ4v) is 1.95. The molecule has 1 saturated heterocycles. The molecule has 0 bridgehead atoms. The molecule has 0 saturated carbocycles. The van der Waals surface area contributed by atoms with E-state index in [1.165, 1.54) is 12.8 Å². The third-order valence-corrected chi connectivity index (χ3v) is 3.63. The van der Waals surface area contributed by atoms with E-state index in [1.54, 1.807) is 0 Å². The largest absolute Gasteiger partial charge is 0.390 e. The lowest BCUT2D eigenvalue weighted by molar-refractivity contribution is 0.114. The van der Waals surface area contributed by atoms with Gasteiger partial charge in [-0.15, -0.1) is 0 Å². The zero-order valence-corrected chi connectivity index (χ0v) is 11.3. The van der Waals surface area contributed by atoms with E-state index >= 15 is 0 Å². The van der Waals surface area contributed by atoms with E-state index < -0.39 is 0 Å². The highest BCUT2D eigenvalue weighted by Crippen LogP contribution is 2.18. The van der Waals surface area contributed by atoms with Gasteiger partial charge in [-0.3, -0.25) is 0 Å². The first-order valence-corrected chi connectivity index (χ1v) is 6.53. The van der Waals surface area contributed by atoms with Gasteiger partial charge in [0.25, 0.3) is 0 Å². The van der Waals surface area contributed by atoms with E-state index in [-0.39, 0.29) is 11.5 Å². The van der Waals surface area contributed by atoms with Crippen molar-refractivity contribution in [3.63, 3.8) is 0 Å². The molecule has 1 rings (SSSR count). The zero-order valence-electron chi connectivity index (χ0n) is 11.3. The Morgan fingerprint density at radius 1 is 1.25 bits per heavy atom. The number of hydrogen-bond acceptors (Lipinski definition) is 3. The summed E-state index contributed by atoms with van der Waals surface area (Å²) in [6.07, 6.45) is 2.35. The number of rotatable bonds is 5. The SMILES string of the molecule is CC(NCC(O)CN1CCCC1)C(C)(C)C. The predicted octanol–water partition coefficient (Wildman–Crippen LogP) is 1.47. The second-order valence-corrected chi connectivity index (χ2v) is 6.16. The van der Waals surface area contributed by atoms with Crippen LogP contribution in [0.15, 0.2) is 0 Å². The van der Waals surface area contributed by atoms with Gasteiger partial charge in [-0.05, 0) is 38.3 Å². The molecule has 3 heteroatoms. The van der Waals surface area contributed by atoms with Crippen LogP contribution in [-0.2, 0) is 0 Å². The van der Waals surface area contributed by atoms with Crippen LogP contribution < -0.4 is 5.32 Å². The van der Waals surface area contributed by atoms with Gasteiger partial charge >= 0.3 is 0 Å². The van der Waals surface area contributed by atoms with Crippen molar-refractivity contribution in [2.45, 2.75) is 52.7 Å². The summed E-state index contributed by atoms with van der Waals surface area (Å²) in [4.78, 5) is 2.36. The first-order valence-electron chi connectivity index (χ1n) is 6.53. The molecule has 0 spiro atoms. The van der Waals surface area contributed by atoms with Crippen LogP contribution in [0.5, 0.6) is 0 Å². The first kappa shape index (κ1) is 13.9. The average Bonchev–Trinajstić information content (AvgIpc) is 2.65. The predicted molar refractivity (Wildman–Crippen MR) is 68.6 cm³/mol. The molecule has 1 aliphatic heterocycles. The van der Waals surface area contributed by atoms with Gasteiger partial charge in [-0.25, -0.2) is 0 Å². The number of aliphatic hydroxyl groups is 1. The van der Waals surface area contributed by atoms with E-state index in [9.17, 15) is 5.11 Å². The molecule has 0 amide bonds. The molecule has 2 unspecified atom stereocenters. The van der Waals surface area contributed by atoms with Crippen molar-refractivity contribution in [2.75, 3.05) is 26.2 Å². The molecule has 3 nitrogen and oxygen atoms in total. The van der Waals surface area contributed by atoms with Crippen LogP contribution >= 0.6 is 0 Å². The Kier molecular flexibility index (Phi) is 5.22. The molecule has 0 aromatic rings. The van der Waals surface area contributed by atoms with Crippen LogP contribution in [0.25, 0.3) is 0 Å². The van der Waals surface area contributed by atoms with Crippen molar-refractivity contribution in [1.82, 2.24) is 10.2 Å². The highest BCUT2D eigenvalue weighted by Gasteiger charge is 2.21. The van der Waals surface area contributed by atoms with E-state index in [0.29, 0.717) is 12.6 Å².